The number of hydrogen-bond acceptors (Lipinski definition) is 4. The molecule has 0 N–H and O–H groups in total. The van der Waals surface area contributed by atoms with E-state index in [1.54, 1.807) is 12.3 Å². The van der Waals surface area contributed by atoms with Gasteiger partial charge in [-0.3, -0.25) is 4.98 Å². The third-order valence-corrected chi connectivity index (χ3v) is 3.39. The van der Waals surface area contributed by atoms with E-state index in [1.807, 2.05) is 6.07 Å². The van der Waals surface area contributed by atoms with Gasteiger partial charge in [0, 0.05) is 11.6 Å². The zero-order chi connectivity index (χ0) is 11.7. The number of rotatable bonds is 1. The van der Waals surface area contributed by atoms with Gasteiger partial charge in [-0.2, -0.15) is 0 Å². The Morgan fingerprint density at radius 2 is 2.19 bits per heavy atom. The normalized spacial score (nSPS) is 10.4. The summed E-state index contributed by atoms with van der Waals surface area (Å²) in [5.74, 6) is -0.500. The molecule has 0 fully saturated rings. The average molecular weight is 346 g/mol. The van der Waals surface area contributed by atoms with Crippen molar-refractivity contribution in [2.24, 2.45) is 0 Å². The molecule has 16 heavy (non-hydrogen) atoms. The van der Waals surface area contributed by atoms with E-state index >= 15 is 0 Å². The second-order valence-electron chi connectivity index (χ2n) is 2.96. The number of nitrogens with zero attached hydrogens (tertiary/aromatic N) is 2. The molecule has 0 amide bonds. The van der Waals surface area contributed by atoms with Crippen LogP contribution in [0.1, 0.15) is 10.5 Å². The topological polar surface area (TPSA) is 52.1 Å². The Bertz CT molecular complexity index is 572. The quantitative estimate of drug-likeness (QED) is 0.589. The molecule has 2 aromatic rings. The van der Waals surface area contributed by atoms with Crippen molar-refractivity contribution < 1.29 is 9.53 Å². The van der Waals surface area contributed by atoms with Gasteiger partial charge in [0.25, 0.3) is 0 Å². The fourth-order valence-corrected chi connectivity index (χ4v) is 2.36. The number of carbonyl (C=O) groups excluding carboxylic acids is 1. The van der Waals surface area contributed by atoms with Gasteiger partial charge in [0.2, 0.25) is 0 Å². The van der Waals surface area contributed by atoms with E-state index in [2.05, 4.69) is 46.6 Å². The van der Waals surface area contributed by atoms with Crippen molar-refractivity contribution in [1.29, 1.82) is 0 Å². The van der Waals surface area contributed by atoms with Crippen LogP contribution in [0.3, 0.4) is 0 Å². The third kappa shape index (κ3) is 1.82. The van der Waals surface area contributed by atoms with E-state index in [1.165, 1.54) is 7.11 Å². The lowest BCUT2D eigenvalue weighted by molar-refractivity contribution is 0.0593. The predicted octanol–water partition coefficient (Wildman–Crippen LogP) is 2.94. The van der Waals surface area contributed by atoms with Gasteiger partial charge in [0.1, 0.15) is 4.60 Å². The van der Waals surface area contributed by atoms with Gasteiger partial charge in [-0.05, 0) is 44.0 Å². The number of halogens is 2. The minimum atomic E-state index is -0.500. The van der Waals surface area contributed by atoms with E-state index in [-0.39, 0.29) is 5.69 Å². The molecule has 0 saturated heterocycles. The summed E-state index contributed by atoms with van der Waals surface area (Å²) in [5, 5.41) is 0.835. The summed E-state index contributed by atoms with van der Waals surface area (Å²) in [6, 6.07) is 3.67. The van der Waals surface area contributed by atoms with Crippen LogP contribution in [0, 0.1) is 0 Å². The molecule has 2 heterocycles. The highest BCUT2D eigenvalue weighted by atomic mass is 79.9. The van der Waals surface area contributed by atoms with Crippen molar-refractivity contribution >= 4 is 48.7 Å². The molecule has 82 valence electrons. The Hall–Kier alpha value is -1.01. The molecule has 0 unspecified atom stereocenters. The van der Waals surface area contributed by atoms with Crippen molar-refractivity contribution in [3.05, 3.63) is 33.1 Å². The summed E-state index contributed by atoms with van der Waals surface area (Å²) < 4.78 is 5.75. The number of aromatic nitrogens is 2. The van der Waals surface area contributed by atoms with Crippen LogP contribution in [0.2, 0.25) is 0 Å². The molecule has 6 heteroatoms. The fourth-order valence-electron chi connectivity index (χ4n) is 1.30. The molecule has 2 rings (SSSR count). The molecule has 2 aromatic heterocycles. The monoisotopic (exact) mass is 344 g/mol. The Morgan fingerprint density at radius 1 is 1.44 bits per heavy atom. The molecule has 4 nitrogen and oxygen atoms in total. The number of methoxy groups -OCH3 is 1. The van der Waals surface area contributed by atoms with Crippen molar-refractivity contribution in [1.82, 2.24) is 9.97 Å². The van der Waals surface area contributed by atoms with Crippen LogP contribution in [-0.4, -0.2) is 23.0 Å². The average Bonchev–Trinajstić information content (AvgIpc) is 2.33. The first-order valence-corrected chi connectivity index (χ1v) is 5.91. The number of esters is 1. The number of pyridine rings is 2. The van der Waals surface area contributed by atoms with Gasteiger partial charge in [-0.1, -0.05) is 0 Å². The third-order valence-electron chi connectivity index (χ3n) is 2.03. The lowest BCUT2D eigenvalue weighted by atomic mass is 10.2. The zero-order valence-corrected chi connectivity index (χ0v) is 11.4. The van der Waals surface area contributed by atoms with E-state index in [0.29, 0.717) is 14.6 Å². The van der Waals surface area contributed by atoms with Crippen LogP contribution in [0.5, 0.6) is 0 Å². The van der Waals surface area contributed by atoms with Crippen LogP contribution in [0.4, 0.5) is 0 Å². The number of fused-ring (bicyclic) bond motifs is 1. The first-order chi connectivity index (χ1) is 7.65. The molecular weight excluding hydrogens is 340 g/mol. The first kappa shape index (κ1) is 11.5. The molecule has 0 spiro atoms. The SMILES string of the molecule is COC(=O)c1nc(Br)c2cccnc2c1Br. The number of ether oxygens (including phenoxy) is 1. The molecule has 0 atom stereocenters. The van der Waals surface area contributed by atoms with Crippen LogP contribution in [0.25, 0.3) is 10.9 Å². The summed E-state index contributed by atoms with van der Waals surface area (Å²) >= 11 is 6.61. The smallest absolute Gasteiger partial charge is 0.357 e. The number of carbonyl (C=O) groups is 1. The second-order valence-corrected chi connectivity index (χ2v) is 4.50. The molecule has 0 aliphatic carbocycles. The second kappa shape index (κ2) is 4.47. The van der Waals surface area contributed by atoms with Crippen molar-refractivity contribution in [3.63, 3.8) is 0 Å². The van der Waals surface area contributed by atoms with E-state index < -0.39 is 5.97 Å². The summed E-state index contributed by atoms with van der Waals surface area (Å²) in [7, 11) is 1.31. The Kier molecular flexibility index (Phi) is 3.20. The highest BCUT2D eigenvalue weighted by Gasteiger charge is 2.17. The fraction of sp³-hybridized carbons (Fsp3) is 0.100. The predicted molar refractivity (Wildman–Crippen MR) is 66.3 cm³/mol. The molecule has 0 radical (unpaired) electrons. The van der Waals surface area contributed by atoms with E-state index in [4.69, 9.17) is 0 Å². The van der Waals surface area contributed by atoms with Crippen LogP contribution in [0.15, 0.2) is 27.4 Å². The van der Waals surface area contributed by atoms with Crippen molar-refractivity contribution in [2.75, 3.05) is 7.11 Å². The van der Waals surface area contributed by atoms with Gasteiger partial charge in [0.05, 0.1) is 17.1 Å². The summed E-state index contributed by atoms with van der Waals surface area (Å²) in [4.78, 5) is 19.8. The maximum atomic E-state index is 11.5. The highest BCUT2D eigenvalue weighted by Crippen LogP contribution is 2.29. The summed E-state index contributed by atoms with van der Waals surface area (Å²) in [5.41, 5.74) is 0.880. The molecule has 0 aliphatic heterocycles. The van der Waals surface area contributed by atoms with Crippen molar-refractivity contribution in [2.45, 2.75) is 0 Å². The zero-order valence-electron chi connectivity index (χ0n) is 8.20. The lowest BCUT2D eigenvalue weighted by Crippen LogP contribution is -2.06. The lowest BCUT2D eigenvalue weighted by Gasteiger charge is -2.06. The van der Waals surface area contributed by atoms with Crippen molar-refractivity contribution in [3.8, 4) is 0 Å². The summed E-state index contributed by atoms with van der Waals surface area (Å²) in [6.07, 6.45) is 1.65. The first-order valence-electron chi connectivity index (χ1n) is 4.33. The van der Waals surface area contributed by atoms with Gasteiger partial charge in [-0.15, -0.1) is 0 Å². The summed E-state index contributed by atoms with van der Waals surface area (Å²) in [6.45, 7) is 0. The van der Waals surface area contributed by atoms with Gasteiger partial charge in [-0.25, -0.2) is 9.78 Å². The minimum absolute atomic E-state index is 0.209. The van der Waals surface area contributed by atoms with Gasteiger partial charge in [0.15, 0.2) is 5.69 Å². The maximum absolute atomic E-state index is 11.5. The Balaban J connectivity index is 2.80. The maximum Gasteiger partial charge on any atom is 0.357 e. The van der Waals surface area contributed by atoms with Crippen LogP contribution < -0.4 is 0 Å². The highest BCUT2D eigenvalue weighted by molar-refractivity contribution is 9.11. The molecule has 0 aliphatic rings. The standard InChI is InChI=1S/C10H6Br2N2O2/c1-16-10(15)8-6(11)7-5(9(12)14-8)3-2-4-13-7/h2-4H,1H3. The molecule has 0 bridgehead atoms. The molecule has 0 saturated carbocycles. The van der Waals surface area contributed by atoms with Crippen LogP contribution >= 0.6 is 31.9 Å². The molecule has 0 aromatic carbocycles. The van der Waals surface area contributed by atoms with E-state index in [9.17, 15) is 4.79 Å². The number of hydrogen-bond donors (Lipinski definition) is 0. The van der Waals surface area contributed by atoms with E-state index in [0.717, 1.165) is 5.39 Å². The Morgan fingerprint density at radius 3 is 2.88 bits per heavy atom. The van der Waals surface area contributed by atoms with Crippen LogP contribution in [-0.2, 0) is 4.74 Å². The Labute approximate surface area is 108 Å². The van der Waals surface area contributed by atoms with Gasteiger partial charge < -0.3 is 4.74 Å². The van der Waals surface area contributed by atoms with Gasteiger partial charge >= 0.3 is 5.97 Å². The minimum Gasteiger partial charge on any atom is -0.464 e. The largest absolute Gasteiger partial charge is 0.464 e. The molecular formula is C10H6Br2N2O2.